The predicted octanol–water partition coefficient (Wildman–Crippen LogP) is 3.74. The highest BCUT2D eigenvalue weighted by Crippen LogP contribution is 2.27. The van der Waals surface area contributed by atoms with Crippen molar-refractivity contribution in [3.63, 3.8) is 0 Å². The molecule has 1 rings (SSSR count). The van der Waals surface area contributed by atoms with Crippen LogP contribution in [0.15, 0.2) is 18.2 Å². The van der Waals surface area contributed by atoms with Gasteiger partial charge in [0.15, 0.2) is 0 Å². The van der Waals surface area contributed by atoms with Gasteiger partial charge in [-0.05, 0) is 32.3 Å². The van der Waals surface area contributed by atoms with E-state index in [0.29, 0.717) is 11.1 Å². The van der Waals surface area contributed by atoms with E-state index in [9.17, 15) is 14.9 Å². The molecule has 1 aromatic carbocycles. The Hall–Kier alpha value is -2.11. The Morgan fingerprint density at radius 2 is 2.00 bits per heavy atom. The summed E-state index contributed by atoms with van der Waals surface area (Å²) in [4.78, 5) is 22.3. The molecule has 0 spiro atoms. The zero-order valence-corrected chi connectivity index (χ0v) is 13.1. The number of hydrogen-bond acceptors (Lipinski definition) is 4. The van der Waals surface area contributed by atoms with Gasteiger partial charge in [-0.15, -0.1) is 0 Å². The third kappa shape index (κ3) is 5.41. The predicted molar refractivity (Wildman–Crippen MR) is 80.3 cm³/mol. The van der Waals surface area contributed by atoms with E-state index >= 15 is 0 Å². The highest BCUT2D eigenvalue weighted by atomic mass is 16.6. The Labute approximate surface area is 124 Å². The second-order valence-electron chi connectivity index (χ2n) is 6.16. The van der Waals surface area contributed by atoms with Gasteiger partial charge in [0.25, 0.3) is 5.69 Å². The normalized spacial score (nSPS) is 11.3. The molecule has 6 nitrogen and oxygen atoms in total. The molecule has 1 N–H and O–H groups in total. The van der Waals surface area contributed by atoms with Crippen LogP contribution in [0.5, 0.6) is 0 Å². The number of nitro groups is 1. The number of nitrogens with one attached hydrogen (secondary N) is 1. The summed E-state index contributed by atoms with van der Waals surface area (Å²) < 4.78 is 5.12. The third-order valence-electron chi connectivity index (χ3n) is 2.75. The van der Waals surface area contributed by atoms with Crippen molar-refractivity contribution in [1.29, 1.82) is 0 Å². The Bertz CT molecular complexity index is 533. The summed E-state index contributed by atoms with van der Waals surface area (Å²) in [5.74, 6) is 0.0678. The molecule has 0 saturated carbocycles. The first kappa shape index (κ1) is 16.9. The molecule has 0 aromatic heterocycles. The third-order valence-corrected chi connectivity index (χ3v) is 2.75. The number of nitro benzene ring substituents is 1. The summed E-state index contributed by atoms with van der Waals surface area (Å²) in [5, 5.41) is 13.7. The van der Waals surface area contributed by atoms with Crippen molar-refractivity contribution in [3.8, 4) is 0 Å². The lowest BCUT2D eigenvalue weighted by atomic mass is 9.99. The number of ether oxygens (including phenoxy) is 1. The number of amides is 1. The summed E-state index contributed by atoms with van der Waals surface area (Å²) in [5.41, 5.74) is 0.851. The topological polar surface area (TPSA) is 81.5 Å². The van der Waals surface area contributed by atoms with Gasteiger partial charge in [-0.2, -0.15) is 0 Å². The van der Waals surface area contributed by atoms with Crippen molar-refractivity contribution < 1.29 is 14.5 Å². The minimum Gasteiger partial charge on any atom is -0.444 e. The highest BCUT2D eigenvalue weighted by Gasteiger charge is 2.18. The summed E-state index contributed by atoms with van der Waals surface area (Å²) in [6.45, 7) is 9.31. The molecule has 0 heterocycles. The zero-order chi connectivity index (χ0) is 16.2. The molecular weight excluding hydrogens is 272 g/mol. The number of carbonyl (C=O) groups excluding carboxylic acids is 1. The van der Waals surface area contributed by atoms with Crippen molar-refractivity contribution in [2.24, 2.45) is 0 Å². The molecule has 0 aliphatic heterocycles. The molecule has 0 saturated heterocycles. The molecule has 116 valence electrons. The molecule has 0 unspecified atom stereocenters. The van der Waals surface area contributed by atoms with E-state index in [4.69, 9.17) is 4.74 Å². The second-order valence-corrected chi connectivity index (χ2v) is 6.16. The van der Waals surface area contributed by atoms with Crippen molar-refractivity contribution in [2.75, 3.05) is 0 Å². The van der Waals surface area contributed by atoms with Gasteiger partial charge < -0.3 is 10.1 Å². The summed E-state index contributed by atoms with van der Waals surface area (Å²) in [7, 11) is 0. The number of hydrogen-bond donors (Lipinski definition) is 1. The fourth-order valence-corrected chi connectivity index (χ4v) is 1.83. The maximum atomic E-state index is 11.6. The number of rotatable bonds is 4. The van der Waals surface area contributed by atoms with Gasteiger partial charge >= 0.3 is 6.09 Å². The van der Waals surface area contributed by atoms with Crippen LogP contribution >= 0.6 is 0 Å². The van der Waals surface area contributed by atoms with Crippen LogP contribution in [0, 0.1) is 10.1 Å². The average molecular weight is 294 g/mol. The maximum Gasteiger partial charge on any atom is 0.407 e. The smallest absolute Gasteiger partial charge is 0.407 e. The molecule has 0 radical (unpaired) electrons. The molecule has 1 amide bonds. The van der Waals surface area contributed by atoms with Crippen molar-refractivity contribution >= 4 is 11.8 Å². The molecule has 0 aliphatic carbocycles. The van der Waals surface area contributed by atoms with Gasteiger partial charge in [0.2, 0.25) is 0 Å². The number of carbonyl (C=O) groups is 1. The first-order chi connectivity index (χ1) is 9.60. The lowest BCUT2D eigenvalue weighted by Crippen LogP contribution is -2.32. The van der Waals surface area contributed by atoms with E-state index < -0.39 is 16.6 Å². The van der Waals surface area contributed by atoms with Gasteiger partial charge in [0, 0.05) is 18.2 Å². The highest BCUT2D eigenvalue weighted by molar-refractivity contribution is 5.67. The number of benzene rings is 1. The average Bonchev–Trinajstić information content (AvgIpc) is 2.33. The Balaban J connectivity index is 2.79. The monoisotopic (exact) mass is 294 g/mol. The van der Waals surface area contributed by atoms with Crippen LogP contribution in [0.25, 0.3) is 0 Å². The lowest BCUT2D eigenvalue weighted by Gasteiger charge is -2.19. The van der Waals surface area contributed by atoms with Crippen LogP contribution in [-0.4, -0.2) is 16.6 Å². The molecule has 0 atom stereocenters. The van der Waals surface area contributed by atoms with Crippen molar-refractivity contribution in [1.82, 2.24) is 5.32 Å². The molecular formula is C15H22N2O4. The first-order valence-electron chi connectivity index (χ1n) is 6.84. The van der Waals surface area contributed by atoms with Gasteiger partial charge in [-0.3, -0.25) is 10.1 Å². The Morgan fingerprint density at radius 3 is 2.48 bits per heavy atom. The summed E-state index contributed by atoms with van der Waals surface area (Å²) in [6, 6.07) is 5.00. The fraction of sp³-hybridized carbons (Fsp3) is 0.533. The van der Waals surface area contributed by atoms with Crippen LogP contribution in [-0.2, 0) is 11.3 Å². The minimum atomic E-state index is -0.572. The van der Waals surface area contributed by atoms with Crippen LogP contribution in [0.2, 0.25) is 0 Å². The Kier molecular flexibility index (Phi) is 5.29. The fourth-order valence-electron chi connectivity index (χ4n) is 1.83. The van der Waals surface area contributed by atoms with Crippen LogP contribution < -0.4 is 5.32 Å². The van der Waals surface area contributed by atoms with E-state index in [1.807, 2.05) is 13.8 Å². The van der Waals surface area contributed by atoms with E-state index in [1.165, 1.54) is 6.07 Å². The molecule has 21 heavy (non-hydrogen) atoms. The van der Waals surface area contributed by atoms with E-state index in [2.05, 4.69) is 5.32 Å². The van der Waals surface area contributed by atoms with Gasteiger partial charge in [-0.1, -0.05) is 26.0 Å². The van der Waals surface area contributed by atoms with Gasteiger partial charge in [-0.25, -0.2) is 4.79 Å². The van der Waals surface area contributed by atoms with Crippen LogP contribution in [0.4, 0.5) is 10.5 Å². The lowest BCUT2D eigenvalue weighted by molar-refractivity contribution is -0.385. The first-order valence-corrected chi connectivity index (χ1v) is 6.84. The van der Waals surface area contributed by atoms with Gasteiger partial charge in [0.1, 0.15) is 5.60 Å². The molecule has 0 aliphatic rings. The van der Waals surface area contributed by atoms with E-state index in [-0.39, 0.29) is 18.2 Å². The van der Waals surface area contributed by atoms with Gasteiger partial charge in [0.05, 0.1) is 4.92 Å². The molecule has 0 bridgehead atoms. The second kappa shape index (κ2) is 6.56. The zero-order valence-electron chi connectivity index (χ0n) is 13.1. The molecule has 0 fully saturated rings. The number of alkyl carbamates (subject to hydrolysis) is 1. The van der Waals surface area contributed by atoms with Crippen molar-refractivity contribution in [3.05, 3.63) is 39.4 Å². The SMILES string of the molecule is CC(C)c1ccc(CNC(=O)OC(C)(C)C)cc1[N+](=O)[O-]. The van der Waals surface area contributed by atoms with Crippen molar-refractivity contribution in [2.45, 2.75) is 52.7 Å². The standard InChI is InChI=1S/C15H22N2O4/c1-10(2)12-7-6-11(8-13(12)17(19)20)9-16-14(18)21-15(3,4)5/h6-8,10H,9H2,1-5H3,(H,16,18). The quantitative estimate of drug-likeness (QED) is 0.677. The number of nitrogens with zero attached hydrogens (tertiary/aromatic N) is 1. The summed E-state index contributed by atoms with van der Waals surface area (Å²) >= 11 is 0. The minimum absolute atomic E-state index is 0.0678. The Morgan fingerprint density at radius 1 is 1.38 bits per heavy atom. The summed E-state index contributed by atoms with van der Waals surface area (Å²) in [6.07, 6.45) is -0.543. The van der Waals surface area contributed by atoms with Crippen LogP contribution in [0.1, 0.15) is 51.7 Å². The van der Waals surface area contributed by atoms with E-state index in [0.717, 1.165) is 0 Å². The molecule has 1 aromatic rings. The molecule has 6 heteroatoms. The van der Waals surface area contributed by atoms with Crippen LogP contribution in [0.3, 0.4) is 0 Å². The maximum absolute atomic E-state index is 11.6. The largest absolute Gasteiger partial charge is 0.444 e. The van der Waals surface area contributed by atoms with E-state index in [1.54, 1.807) is 32.9 Å².